The largest absolute Gasteiger partial charge is 0.366 e. The molecule has 0 spiro atoms. The summed E-state index contributed by atoms with van der Waals surface area (Å²) < 4.78 is 0. The summed E-state index contributed by atoms with van der Waals surface area (Å²) >= 11 is 5.86. The summed E-state index contributed by atoms with van der Waals surface area (Å²) in [6.45, 7) is 0. The Morgan fingerprint density at radius 2 is 2.17 bits per heavy atom. The molecule has 2 rings (SSSR count). The van der Waals surface area contributed by atoms with Crippen molar-refractivity contribution >= 4 is 29.1 Å². The molecule has 7 heteroatoms. The Labute approximate surface area is 107 Å². The van der Waals surface area contributed by atoms with E-state index in [-0.39, 0.29) is 16.5 Å². The molecule has 0 saturated heterocycles. The normalized spacial score (nSPS) is 10.1. The summed E-state index contributed by atoms with van der Waals surface area (Å²) in [6.07, 6.45) is 2.86. The zero-order chi connectivity index (χ0) is 13.1. The van der Waals surface area contributed by atoms with Crippen LogP contribution < -0.4 is 11.1 Å². The van der Waals surface area contributed by atoms with E-state index in [2.05, 4.69) is 15.5 Å². The monoisotopic (exact) mass is 264 g/mol. The van der Waals surface area contributed by atoms with Crippen LogP contribution in [0.5, 0.6) is 0 Å². The van der Waals surface area contributed by atoms with Crippen molar-refractivity contribution in [3.63, 3.8) is 0 Å². The highest BCUT2D eigenvalue weighted by molar-refractivity contribution is 6.34. The highest BCUT2D eigenvalue weighted by Crippen LogP contribution is 2.21. The van der Waals surface area contributed by atoms with E-state index in [4.69, 9.17) is 17.3 Å². The lowest BCUT2D eigenvalue weighted by Gasteiger charge is -2.05. The minimum absolute atomic E-state index is 0.187. The third-order valence-corrected chi connectivity index (χ3v) is 2.57. The first kappa shape index (κ1) is 12.1. The molecule has 2 amide bonds. The van der Waals surface area contributed by atoms with Gasteiger partial charge in [-0.2, -0.15) is 5.10 Å². The van der Waals surface area contributed by atoms with E-state index in [1.807, 2.05) is 0 Å². The Hall–Kier alpha value is -2.34. The number of anilines is 1. The first-order chi connectivity index (χ1) is 8.58. The maximum Gasteiger partial charge on any atom is 0.258 e. The number of halogens is 1. The Kier molecular flexibility index (Phi) is 3.29. The van der Waals surface area contributed by atoms with Crippen LogP contribution in [0.2, 0.25) is 5.02 Å². The molecule has 0 atom stereocenters. The van der Waals surface area contributed by atoms with E-state index >= 15 is 0 Å². The molecule has 0 fully saturated rings. The molecular weight excluding hydrogens is 256 g/mol. The van der Waals surface area contributed by atoms with E-state index in [9.17, 15) is 9.59 Å². The number of nitrogens with one attached hydrogen (secondary N) is 2. The van der Waals surface area contributed by atoms with Gasteiger partial charge in [-0.1, -0.05) is 11.6 Å². The third kappa shape index (κ3) is 2.49. The van der Waals surface area contributed by atoms with Gasteiger partial charge in [-0.15, -0.1) is 0 Å². The Morgan fingerprint density at radius 1 is 1.39 bits per heavy atom. The van der Waals surface area contributed by atoms with Gasteiger partial charge in [0.2, 0.25) is 5.91 Å². The molecule has 2 aromatic rings. The number of aromatic amines is 1. The number of hydrogen-bond donors (Lipinski definition) is 3. The fourth-order valence-corrected chi connectivity index (χ4v) is 1.64. The molecule has 0 saturated carbocycles. The van der Waals surface area contributed by atoms with Gasteiger partial charge in [0.25, 0.3) is 5.91 Å². The summed E-state index contributed by atoms with van der Waals surface area (Å²) in [5, 5.41) is 9.00. The topological polar surface area (TPSA) is 101 Å². The van der Waals surface area contributed by atoms with Gasteiger partial charge < -0.3 is 11.1 Å². The van der Waals surface area contributed by atoms with Gasteiger partial charge >= 0.3 is 0 Å². The molecule has 0 bridgehead atoms. The number of aromatic nitrogens is 2. The number of rotatable bonds is 3. The molecule has 92 valence electrons. The van der Waals surface area contributed by atoms with Crippen molar-refractivity contribution in [1.29, 1.82) is 0 Å². The van der Waals surface area contributed by atoms with Gasteiger partial charge in [0.1, 0.15) is 0 Å². The van der Waals surface area contributed by atoms with Crippen molar-refractivity contribution < 1.29 is 9.59 Å². The second-order valence-corrected chi connectivity index (χ2v) is 3.91. The molecule has 6 nitrogen and oxygen atoms in total. The fourth-order valence-electron chi connectivity index (χ4n) is 1.37. The number of nitrogens with zero attached hydrogens (tertiary/aromatic N) is 1. The molecule has 0 unspecified atom stereocenters. The van der Waals surface area contributed by atoms with Crippen molar-refractivity contribution in [2.24, 2.45) is 5.73 Å². The second kappa shape index (κ2) is 4.89. The van der Waals surface area contributed by atoms with E-state index in [0.717, 1.165) is 0 Å². The molecule has 4 N–H and O–H groups in total. The van der Waals surface area contributed by atoms with Gasteiger partial charge in [-0.3, -0.25) is 14.7 Å². The average Bonchev–Trinajstić information content (AvgIpc) is 2.81. The van der Waals surface area contributed by atoms with Crippen molar-refractivity contribution in [3.8, 4) is 0 Å². The van der Waals surface area contributed by atoms with Crippen molar-refractivity contribution in [2.75, 3.05) is 5.32 Å². The zero-order valence-corrected chi connectivity index (χ0v) is 9.86. The summed E-state index contributed by atoms with van der Waals surface area (Å²) in [5.41, 5.74) is 6.19. The van der Waals surface area contributed by atoms with Crippen LogP contribution in [-0.4, -0.2) is 22.0 Å². The lowest BCUT2D eigenvalue weighted by molar-refractivity contribution is 0.0998. The van der Waals surface area contributed by atoms with Gasteiger partial charge in [0, 0.05) is 11.9 Å². The molecule has 0 aliphatic rings. The molecule has 1 aromatic carbocycles. The van der Waals surface area contributed by atoms with Crippen LogP contribution in [0, 0.1) is 0 Å². The first-order valence-corrected chi connectivity index (χ1v) is 5.35. The molecule has 1 aromatic heterocycles. The number of carbonyl (C=O) groups excluding carboxylic acids is 2. The van der Waals surface area contributed by atoms with Crippen LogP contribution in [0.4, 0.5) is 5.69 Å². The summed E-state index contributed by atoms with van der Waals surface area (Å²) in [5.74, 6) is -0.945. The molecule has 1 heterocycles. The summed E-state index contributed by atoms with van der Waals surface area (Å²) in [7, 11) is 0. The molecule has 0 radical (unpaired) electrons. The number of carbonyl (C=O) groups is 2. The first-order valence-electron chi connectivity index (χ1n) is 4.97. The second-order valence-electron chi connectivity index (χ2n) is 3.50. The quantitative estimate of drug-likeness (QED) is 0.781. The van der Waals surface area contributed by atoms with Gasteiger partial charge in [0.05, 0.1) is 22.3 Å². The van der Waals surface area contributed by atoms with E-state index in [1.165, 1.54) is 24.5 Å². The maximum absolute atomic E-state index is 11.7. The number of H-pyrrole nitrogens is 1. The summed E-state index contributed by atoms with van der Waals surface area (Å²) in [4.78, 5) is 22.7. The Morgan fingerprint density at radius 3 is 2.72 bits per heavy atom. The third-order valence-electron chi connectivity index (χ3n) is 2.25. The number of primary amides is 1. The highest BCUT2D eigenvalue weighted by Gasteiger charge is 2.10. The van der Waals surface area contributed by atoms with Crippen LogP contribution in [0.3, 0.4) is 0 Å². The molecule has 0 aliphatic carbocycles. The standard InChI is InChI=1S/C11H9ClN4O2/c12-9-3-7(1-2-8(9)10(13)17)16-11(18)6-4-14-15-5-6/h1-5H,(H2,13,17)(H,14,15)(H,16,18). The maximum atomic E-state index is 11.7. The molecule has 18 heavy (non-hydrogen) atoms. The minimum Gasteiger partial charge on any atom is -0.366 e. The summed E-state index contributed by atoms with van der Waals surface area (Å²) in [6, 6.07) is 4.46. The Bertz CT molecular complexity index is 595. The van der Waals surface area contributed by atoms with Crippen LogP contribution >= 0.6 is 11.6 Å². The van der Waals surface area contributed by atoms with Crippen LogP contribution in [0.25, 0.3) is 0 Å². The van der Waals surface area contributed by atoms with Gasteiger partial charge in [-0.25, -0.2) is 0 Å². The van der Waals surface area contributed by atoms with Crippen molar-refractivity contribution in [1.82, 2.24) is 10.2 Å². The molecule has 0 aliphatic heterocycles. The smallest absolute Gasteiger partial charge is 0.258 e. The van der Waals surface area contributed by atoms with Crippen LogP contribution in [0.1, 0.15) is 20.7 Å². The van der Waals surface area contributed by atoms with Crippen LogP contribution in [-0.2, 0) is 0 Å². The van der Waals surface area contributed by atoms with Gasteiger partial charge in [0.15, 0.2) is 0 Å². The van der Waals surface area contributed by atoms with E-state index < -0.39 is 5.91 Å². The zero-order valence-electron chi connectivity index (χ0n) is 9.11. The van der Waals surface area contributed by atoms with Crippen molar-refractivity contribution in [2.45, 2.75) is 0 Å². The highest BCUT2D eigenvalue weighted by atomic mass is 35.5. The van der Waals surface area contributed by atoms with E-state index in [0.29, 0.717) is 11.3 Å². The SMILES string of the molecule is NC(=O)c1ccc(NC(=O)c2cn[nH]c2)cc1Cl. The average molecular weight is 265 g/mol. The number of benzene rings is 1. The number of nitrogens with two attached hydrogens (primary N) is 1. The lowest BCUT2D eigenvalue weighted by atomic mass is 10.2. The van der Waals surface area contributed by atoms with Crippen LogP contribution in [0.15, 0.2) is 30.6 Å². The predicted octanol–water partition coefficient (Wildman–Crippen LogP) is 1.41. The lowest BCUT2D eigenvalue weighted by Crippen LogP contribution is -2.13. The molecular formula is C11H9ClN4O2. The fraction of sp³-hybridized carbons (Fsp3) is 0. The number of amides is 2. The minimum atomic E-state index is -0.618. The number of hydrogen-bond acceptors (Lipinski definition) is 3. The Balaban J connectivity index is 2.18. The van der Waals surface area contributed by atoms with Gasteiger partial charge in [-0.05, 0) is 18.2 Å². The van der Waals surface area contributed by atoms with Crippen molar-refractivity contribution in [3.05, 3.63) is 46.7 Å². The van der Waals surface area contributed by atoms with E-state index in [1.54, 1.807) is 6.07 Å². The predicted molar refractivity (Wildman–Crippen MR) is 66.5 cm³/mol.